The Labute approximate surface area is 115 Å². The van der Waals surface area contributed by atoms with Crippen LogP contribution in [-0.4, -0.2) is 17.0 Å². The molecule has 0 spiro atoms. The average molecular weight is 301 g/mol. The Morgan fingerprint density at radius 3 is 2.72 bits per heavy atom. The van der Waals surface area contributed by atoms with Crippen molar-refractivity contribution in [3.8, 4) is 0 Å². The van der Waals surface area contributed by atoms with Gasteiger partial charge in [0.2, 0.25) is 0 Å². The fourth-order valence-corrected chi connectivity index (χ4v) is 5.38. The van der Waals surface area contributed by atoms with Gasteiger partial charge in [-0.1, -0.05) is 58.4 Å². The highest BCUT2D eigenvalue weighted by Crippen LogP contribution is 2.60. The van der Waals surface area contributed by atoms with Crippen molar-refractivity contribution in [2.45, 2.75) is 28.9 Å². The molecular weight excluding hydrogens is 288 g/mol. The molecule has 2 aliphatic carbocycles. The van der Waals surface area contributed by atoms with Gasteiger partial charge in [0.05, 0.1) is 12.2 Å². The van der Waals surface area contributed by atoms with Crippen molar-refractivity contribution in [3.63, 3.8) is 0 Å². The van der Waals surface area contributed by atoms with Crippen molar-refractivity contribution < 1.29 is 4.74 Å². The lowest BCUT2D eigenvalue weighted by Gasteiger charge is -2.33. The first kappa shape index (κ1) is 9.99. The monoisotopic (exact) mass is 300 g/mol. The summed E-state index contributed by atoms with van der Waals surface area (Å²) in [6.07, 6.45) is 7.53. The van der Waals surface area contributed by atoms with Gasteiger partial charge in [-0.05, 0) is 16.7 Å². The number of hydrogen-bond donors (Lipinski definition) is 0. The number of ether oxygens (including phenoxy) is 1. The quantitative estimate of drug-likeness (QED) is 0.526. The van der Waals surface area contributed by atoms with Crippen LogP contribution in [0.3, 0.4) is 0 Å². The van der Waals surface area contributed by atoms with Gasteiger partial charge in [0.25, 0.3) is 0 Å². The molecule has 1 nitrogen and oxygen atoms in total. The lowest BCUT2D eigenvalue weighted by Crippen LogP contribution is -2.31. The van der Waals surface area contributed by atoms with E-state index >= 15 is 0 Å². The largest absolute Gasteiger partial charge is 0.362 e. The lowest BCUT2D eigenvalue weighted by atomic mass is 9.73. The van der Waals surface area contributed by atoms with E-state index in [9.17, 15) is 0 Å². The third-order valence-electron chi connectivity index (χ3n) is 5.01. The smallest absolute Gasteiger partial charge is 0.0980 e. The highest BCUT2D eigenvalue weighted by Gasteiger charge is 2.55. The Kier molecular flexibility index (Phi) is 1.76. The van der Waals surface area contributed by atoms with E-state index in [0.717, 1.165) is 0 Å². The van der Waals surface area contributed by atoms with Crippen LogP contribution in [0, 0.1) is 5.92 Å². The number of allylic oxidation sites excluding steroid dienone is 1. The van der Waals surface area contributed by atoms with Gasteiger partial charge in [0.1, 0.15) is 0 Å². The number of halogens is 1. The second-order valence-electron chi connectivity index (χ2n) is 5.72. The van der Waals surface area contributed by atoms with Crippen LogP contribution >= 0.6 is 15.9 Å². The summed E-state index contributed by atoms with van der Waals surface area (Å²) in [7, 11) is 0. The Morgan fingerprint density at radius 2 is 1.83 bits per heavy atom. The van der Waals surface area contributed by atoms with Crippen LogP contribution < -0.4 is 0 Å². The fraction of sp³-hybridized carbons (Fsp3) is 0.375. The topological polar surface area (TPSA) is 9.23 Å². The Bertz CT molecular complexity index is 603. The van der Waals surface area contributed by atoms with Gasteiger partial charge >= 0.3 is 0 Å². The van der Waals surface area contributed by atoms with Crippen molar-refractivity contribution in [3.05, 3.63) is 59.2 Å². The van der Waals surface area contributed by atoms with Gasteiger partial charge in [-0.3, -0.25) is 0 Å². The highest BCUT2D eigenvalue weighted by molar-refractivity contribution is 9.09. The Morgan fingerprint density at radius 1 is 1.00 bits per heavy atom. The maximum atomic E-state index is 6.04. The van der Waals surface area contributed by atoms with Crippen LogP contribution in [0.2, 0.25) is 0 Å². The van der Waals surface area contributed by atoms with Gasteiger partial charge in [-0.25, -0.2) is 0 Å². The molecule has 18 heavy (non-hydrogen) atoms. The van der Waals surface area contributed by atoms with E-state index in [1.54, 1.807) is 0 Å². The summed E-state index contributed by atoms with van der Waals surface area (Å²) < 4.78 is 6.04. The summed E-state index contributed by atoms with van der Waals surface area (Å²) in [5.41, 5.74) is 4.58. The van der Waals surface area contributed by atoms with Crippen LogP contribution in [0.25, 0.3) is 0 Å². The molecular formula is C16H13BrO. The van der Waals surface area contributed by atoms with Gasteiger partial charge in [0.15, 0.2) is 0 Å². The summed E-state index contributed by atoms with van der Waals surface area (Å²) in [5, 5.41) is 0. The molecule has 1 aromatic carbocycles. The molecule has 0 unspecified atom stereocenters. The van der Waals surface area contributed by atoms with E-state index in [1.165, 1.54) is 16.7 Å². The zero-order valence-corrected chi connectivity index (χ0v) is 11.4. The summed E-state index contributed by atoms with van der Waals surface area (Å²) in [5.74, 6) is 1.68. The molecule has 6 atom stereocenters. The van der Waals surface area contributed by atoms with Crippen molar-refractivity contribution in [2.24, 2.45) is 5.92 Å². The second-order valence-corrected chi connectivity index (χ2v) is 6.78. The zero-order chi connectivity index (χ0) is 11.9. The predicted molar refractivity (Wildman–Crippen MR) is 74.0 cm³/mol. The number of alkyl halides is 1. The van der Waals surface area contributed by atoms with E-state index in [-0.39, 0.29) is 6.10 Å². The molecule has 1 aromatic rings. The van der Waals surface area contributed by atoms with Crippen molar-refractivity contribution in [1.82, 2.24) is 0 Å². The van der Waals surface area contributed by atoms with Gasteiger partial charge in [-0.2, -0.15) is 0 Å². The first-order chi connectivity index (χ1) is 8.84. The first-order valence-electron chi connectivity index (χ1n) is 6.63. The Balaban J connectivity index is 1.76. The standard InChI is InChI=1S/C16H13BrO/c17-16-10-7-11-12-5-6-13(18-12)14(11)15(16)9-4-2-1-3-8(9)10/h1-7,10,12-16H/t10-,12-,13+,14+,15-,16-/m0/s1. The summed E-state index contributed by atoms with van der Waals surface area (Å²) in [6, 6.07) is 8.93. The summed E-state index contributed by atoms with van der Waals surface area (Å²) in [4.78, 5) is 0.542. The SMILES string of the molecule is Br[C@@H]1[C@H]2c3ccccc3[C@@H]1C=C1[C@@H]2[C@H]2C=C[C@@H]1O2. The molecule has 5 rings (SSSR count). The van der Waals surface area contributed by atoms with Crippen LogP contribution in [0.5, 0.6) is 0 Å². The molecule has 1 saturated heterocycles. The van der Waals surface area contributed by atoms with Crippen molar-refractivity contribution >= 4 is 15.9 Å². The molecule has 90 valence electrons. The minimum atomic E-state index is 0.263. The van der Waals surface area contributed by atoms with Gasteiger partial charge in [-0.15, -0.1) is 0 Å². The molecule has 4 bridgehead atoms. The third kappa shape index (κ3) is 0.996. The number of fused-ring (bicyclic) bond motifs is 11. The minimum absolute atomic E-state index is 0.263. The molecule has 0 radical (unpaired) electrons. The first-order valence-corrected chi connectivity index (χ1v) is 7.54. The highest BCUT2D eigenvalue weighted by atomic mass is 79.9. The van der Waals surface area contributed by atoms with Crippen molar-refractivity contribution in [2.75, 3.05) is 0 Å². The van der Waals surface area contributed by atoms with E-state index in [2.05, 4.69) is 58.4 Å². The van der Waals surface area contributed by atoms with Crippen molar-refractivity contribution in [1.29, 1.82) is 0 Å². The maximum absolute atomic E-state index is 6.04. The normalized spacial score (nSPS) is 45.9. The lowest BCUT2D eigenvalue weighted by molar-refractivity contribution is 0.107. The van der Waals surface area contributed by atoms with Crippen LogP contribution in [0.1, 0.15) is 23.0 Å². The molecule has 1 fully saturated rings. The second kappa shape index (κ2) is 3.17. The van der Waals surface area contributed by atoms with Crippen LogP contribution in [0.4, 0.5) is 0 Å². The van der Waals surface area contributed by atoms with Crippen LogP contribution in [-0.2, 0) is 4.74 Å². The van der Waals surface area contributed by atoms with E-state index in [4.69, 9.17) is 4.74 Å². The van der Waals surface area contributed by atoms with Gasteiger partial charge in [0, 0.05) is 22.6 Å². The predicted octanol–water partition coefficient (Wildman–Crippen LogP) is 3.52. The Hall–Kier alpha value is -0.860. The number of rotatable bonds is 0. The van der Waals surface area contributed by atoms with E-state index in [1.807, 2.05) is 0 Å². The number of benzene rings is 1. The van der Waals surface area contributed by atoms with Gasteiger partial charge < -0.3 is 4.74 Å². The molecule has 0 amide bonds. The van der Waals surface area contributed by atoms with Crippen LogP contribution in [0.15, 0.2) is 48.1 Å². The number of hydrogen-bond acceptors (Lipinski definition) is 1. The zero-order valence-electron chi connectivity index (χ0n) is 9.79. The molecule has 2 aliphatic heterocycles. The summed E-state index contributed by atoms with van der Waals surface area (Å²) in [6.45, 7) is 0. The molecule has 0 saturated carbocycles. The molecule has 2 heteroatoms. The average Bonchev–Trinajstić information content (AvgIpc) is 3.03. The fourth-order valence-electron chi connectivity index (χ4n) is 4.33. The third-order valence-corrected chi connectivity index (χ3v) is 6.15. The molecule has 4 aliphatic rings. The maximum Gasteiger partial charge on any atom is 0.0980 e. The van der Waals surface area contributed by atoms with E-state index in [0.29, 0.717) is 28.7 Å². The summed E-state index contributed by atoms with van der Waals surface area (Å²) >= 11 is 3.95. The molecule has 0 N–H and O–H groups in total. The van der Waals surface area contributed by atoms with E-state index < -0.39 is 0 Å². The minimum Gasteiger partial charge on any atom is -0.362 e. The molecule has 2 heterocycles. The molecule has 0 aromatic heterocycles.